The summed E-state index contributed by atoms with van der Waals surface area (Å²) in [4.78, 5) is 9.23. The summed E-state index contributed by atoms with van der Waals surface area (Å²) in [5.41, 5.74) is 4.27. The van der Waals surface area contributed by atoms with Gasteiger partial charge in [0.05, 0.1) is 36.5 Å². The van der Waals surface area contributed by atoms with Crippen molar-refractivity contribution < 1.29 is 9.84 Å². The Morgan fingerprint density at radius 1 is 1.17 bits per heavy atom. The van der Waals surface area contributed by atoms with Crippen molar-refractivity contribution in [3.8, 4) is 5.75 Å². The highest BCUT2D eigenvalue weighted by molar-refractivity contribution is 5.85. The zero-order valence-corrected chi connectivity index (χ0v) is 17.8. The van der Waals surface area contributed by atoms with Gasteiger partial charge in [-0.15, -0.1) is 12.4 Å². The van der Waals surface area contributed by atoms with E-state index in [1.165, 1.54) is 11.1 Å². The molecule has 3 aromatic rings. The van der Waals surface area contributed by atoms with Crippen molar-refractivity contribution >= 4 is 35.1 Å². The van der Waals surface area contributed by atoms with Gasteiger partial charge >= 0.3 is 0 Å². The highest BCUT2D eigenvalue weighted by Crippen LogP contribution is 2.33. The summed E-state index contributed by atoms with van der Waals surface area (Å²) in [5, 5.41) is 22.0. The fraction of sp³-hybridized carbons (Fsp3) is 0.476. The molecule has 0 bridgehead atoms. The van der Waals surface area contributed by atoms with Crippen LogP contribution >= 0.6 is 12.4 Å². The normalized spacial score (nSPS) is 21.0. The summed E-state index contributed by atoms with van der Waals surface area (Å²) >= 11 is 0. The monoisotopic (exact) mass is 430 g/mol. The Balaban J connectivity index is 0.00000218. The Kier molecular flexibility index (Phi) is 6.08. The second-order valence-electron chi connectivity index (χ2n) is 7.90. The molecule has 0 radical (unpaired) electrons. The summed E-state index contributed by atoms with van der Waals surface area (Å²) in [6.45, 7) is 1.85. The van der Waals surface area contributed by atoms with Gasteiger partial charge in [-0.05, 0) is 61.9 Å². The van der Waals surface area contributed by atoms with Crippen LogP contribution < -0.4 is 15.4 Å². The molecule has 9 heteroatoms. The Labute approximate surface area is 181 Å². The van der Waals surface area contributed by atoms with Crippen LogP contribution in [-0.4, -0.2) is 44.6 Å². The van der Waals surface area contributed by atoms with Crippen LogP contribution in [0.15, 0.2) is 24.5 Å². The molecule has 1 aromatic carbocycles. The summed E-state index contributed by atoms with van der Waals surface area (Å²) in [7, 11) is 1.69. The van der Waals surface area contributed by atoms with Crippen LogP contribution in [0.2, 0.25) is 0 Å². The average molecular weight is 431 g/mol. The van der Waals surface area contributed by atoms with Crippen LogP contribution in [-0.2, 0) is 13.0 Å². The minimum Gasteiger partial charge on any atom is -0.495 e. The van der Waals surface area contributed by atoms with E-state index >= 15 is 0 Å². The third kappa shape index (κ3) is 3.95. The maximum Gasteiger partial charge on any atom is 0.229 e. The average Bonchev–Trinajstić information content (AvgIpc) is 3.17. The zero-order chi connectivity index (χ0) is 19.8. The van der Waals surface area contributed by atoms with E-state index in [4.69, 9.17) is 9.72 Å². The SMILES string of the molecule is COc1cc2c(cc1Nc1ncc3cnn(C4CCC(O)CC4)c3n1)CNCC2.Cl. The predicted molar refractivity (Wildman–Crippen MR) is 118 cm³/mol. The van der Waals surface area contributed by atoms with Gasteiger partial charge < -0.3 is 20.5 Å². The van der Waals surface area contributed by atoms with E-state index in [1.807, 2.05) is 10.9 Å². The standard InChI is InChI=1S/C21H26N6O2.ClH/c1-29-19-9-13-6-7-22-10-14(13)8-18(19)25-21-23-11-15-12-24-27(20(15)26-21)16-2-4-17(28)5-3-16;/h8-9,11-12,16-17,22,28H,2-7,10H2,1H3,(H,23,25,26);1H. The van der Waals surface area contributed by atoms with Gasteiger partial charge in [-0.3, -0.25) is 0 Å². The van der Waals surface area contributed by atoms with Gasteiger partial charge in [-0.25, -0.2) is 9.67 Å². The molecule has 0 unspecified atom stereocenters. The molecule has 3 heterocycles. The number of methoxy groups -OCH3 is 1. The van der Waals surface area contributed by atoms with E-state index in [9.17, 15) is 5.11 Å². The minimum absolute atomic E-state index is 0. The number of aromatic nitrogens is 4. The lowest BCUT2D eigenvalue weighted by Gasteiger charge is -2.25. The lowest BCUT2D eigenvalue weighted by molar-refractivity contribution is 0.109. The molecule has 1 aliphatic heterocycles. The number of rotatable bonds is 4. The molecule has 0 spiro atoms. The van der Waals surface area contributed by atoms with Crippen molar-refractivity contribution in [1.29, 1.82) is 0 Å². The molecule has 5 rings (SSSR count). The van der Waals surface area contributed by atoms with Gasteiger partial charge in [0.25, 0.3) is 0 Å². The van der Waals surface area contributed by atoms with Gasteiger partial charge in [0.2, 0.25) is 5.95 Å². The van der Waals surface area contributed by atoms with Gasteiger partial charge in [0.15, 0.2) is 5.65 Å². The number of hydrogen-bond donors (Lipinski definition) is 3. The number of hydrogen-bond acceptors (Lipinski definition) is 7. The summed E-state index contributed by atoms with van der Waals surface area (Å²) < 4.78 is 7.59. The number of fused-ring (bicyclic) bond motifs is 2. The van der Waals surface area contributed by atoms with Crippen molar-refractivity contribution in [3.05, 3.63) is 35.7 Å². The maximum atomic E-state index is 9.80. The molecule has 0 amide bonds. The van der Waals surface area contributed by atoms with Crippen molar-refractivity contribution in [1.82, 2.24) is 25.1 Å². The molecular formula is C21H27ClN6O2. The molecule has 160 valence electrons. The molecule has 1 saturated carbocycles. The first-order chi connectivity index (χ1) is 14.2. The van der Waals surface area contributed by atoms with Crippen LogP contribution in [0.1, 0.15) is 42.9 Å². The molecule has 30 heavy (non-hydrogen) atoms. The van der Waals surface area contributed by atoms with E-state index in [1.54, 1.807) is 13.3 Å². The van der Waals surface area contributed by atoms with Crippen LogP contribution in [0.3, 0.4) is 0 Å². The van der Waals surface area contributed by atoms with E-state index in [2.05, 4.69) is 32.8 Å². The number of nitrogens with one attached hydrogen (secondary N) is 2. The molecule has 0 saturated heterocycles. The Morgan fingerprint density at radius 2 is 2.00 bits per heavy atom. The van der Waals surface area contributed by atoms with E-state index < -0.39 is 0 Å². The minimum atomic E-state index is -0.189. The maximum absolute atomic E-state index is 9.80. The van der Waals surface area contributed by atoms with Gasteiger partial charge in [-0.1, -0.05) is 0 Å². The molecule has 2 aromatic heterocycles. The summed E-state index contributed by atoms with van der Waals surface area (Å²) in [5.74, 6) is 1.32. The van der Waals surface area contributed by atoms with Crippen LogP contribution in [0.4, 0.5) is 11.6 Å². The molecule has 8 nitrogen and oxygen atoms in total. The third-order valence-corrected chi connectivity index (χ3v) is 6.00. The highest BCUT2D eigenvalue weighted by atomic mass is 35.5. The second kappa shape index (κ2) is 8.75. The number of aliphatic hydroxyl groups is 1. The highest BCUT2D eigenvalue weighted by Gasteiger charge is 2.23. The molecule has 1 aliphatic carbocycles. The number of anilines is 2. The van der Waals surface area contributed by atoms with Crippen molar-refractivity contribution in [3.63, 3.8) is 0 Å². The summed E-state index contributed by atoms with van der Waals surface area (Å²) in [6.07, 6.45) is 7.88. The van der Waals surface area contributed by atoms with Gasteiger partial charge in [0.1, 0.15) is 5.75 Å². The largest absolute Gasteiger partial charge is 0.495 e. The van der Waals surface area contributed by atoms with Crippen molar-refractivity contribution in [2.45, 2.75) is 50.8 Å². The Morgan fingerprint density at radius 3 is 2.80 bits per heavy atom. The number of benzene rings is 1. The van der Waals surface area contributed by atoms with E-state index in [0.717, 1.165) is 67.7 Å². The number of aliphatic hydroxyl groups excluding tert-OH is 1. The van der Waals surface area contributed by atoms with Crippen LogP contribution in [0.25, 0.3) is 11.0 Å². The Hall–Kier alpha value is -2.42. The lowest BCUT2D eigenvalue weighted by Crippen LogP contribution is -2.23. The Bertz CT molecular complexity index is 1030. The molecular weight excluding hydrogens is 404 g/mol. The molecule has 0 atom stereocenters. The zero-order valence-electron chi connectivity index (χ0n) is 17.0. The topological polar surface area (TPSA) is 97.1 Å². The van der Waals surface area contributed by atoms with E-state index in [0.29, 0.717) is 5.95 Å². The molecule has 2 aliphatic rings. The van der Waals surface area contributed by atoms with Gasteiger partial charge in [-0.2, -0.15) is 10.1 Å². The number of halogens is 1. The molecule has 1 fully saturated rings. The fourth-order valence-electron chi connectivity index (χ4n) is 4.36. The number of ether oxygens (including phenoxy) is 1. The summed E-state index contributed by atoms with van der Waals surface area (Å²) in [6, 6.07) is 4.49. The first-order valence-electron chi connectivity index (χ1n) is 10.3. The van der Waals surface area contributed by atoms with Crippen molar-refractivity contribution in [2.75, 3.05) is 19.0 Å². The van der Waals surface area contributed by atoms with Crippen LogP contribution in [0, 0.1) is 0 Å². The second-order valence-corrected chi connectivity index (χ2v) is 7.90. The smallest absolute Gasteiger partial charge is 0.229 e. The molecule has 3 N–H and O–H groups in total. The van der Waals surface area contributed by atoms with E-state index in [-0.39, 0.29) is 24.6 Å². The van der Waals surface area contributed by atoms with Gasteiger partial charge in [0, 0.05) is 12.7 Å². The first-order valence-corrected chi connectivity index (χ1v) is 10.3. The fourth-order valence-corrected chi connectivity index (χ4v) is 4.36. The lowest BCUT2D eigenvalue weighted by atomic mass is 9.93. The quantitative estimate of drug-likeness (QED) is 0.585. The van der Waals surface area contributed by atoms with Crippen LogP contribution in [0.5, 0.6) is 5.75 Å². The first kappa shape index (κ1) is 20.8. The van der Waals surface area contributed by atoms with Crippen molar-refractivity contribution in [2.24, 2.45) is 0 Å². The number of nitrogens with zero attached hydrogens (tertiary/aromatic N) is 4. The third-order valence-electron chi connectivity index (χ3n) is 6.00. The predicted octanol–water partition coefficient (Wildman–Crippen LogP) is 3.12.